The Morgan fingerprint density at radius 1 is 1.05 bits per heavy atom. The fourth-order valence-electron chi connectivity index (χ4n) is 1.97. The first-order chi connectivity index (χ1) is 9.58. The summed E-state index contributed by atoms with van der Waals surface area (Å²) in [7, 11) is -3.36. The van der Waals surface area contributed by atoms with Gasteiger partial charge in [-0.1, -0.05) is 12.1 Å². The van der Waals surface area contributed by atoms with E-state index in [0.717, 1.165) is 0 Å². The van der Waals surface area contributed by atoms with Crippen molar-refractivity contribution in [1.29, 1.82) is 0 Å². The van der Waals surface area contributed by atoms with Crippen molar-refractivity contribution >= 4 is 9.84 Å². The molecule has 1 rings (SSSR count). The first-order valence-electron chi connectivity index (χ1n) is 6.78. The lowest BCUT2D eigenvalue weighted by Gasteiger charge is -2.31. The third-order valence-corrected chi connectivity index (χ3v) is 6.45. The summed E-state index contributed by atoms with van der Waals surface area (Å²) in [5, 5.41) is 19.3. The second-order valence-corrected chi connectivity index (χ2v) is 9.15. The highest BCUT2D eigenvalue weighted by atomic mass is 32.2. The maximum Gasteiger partial charge on any atom is 0.155 e. The van der Waals surface area contributed by atoms with Crippen LogP contribution in [0.5, 0.6) is 0 Å². The number of halogens is 1. The third-order valence-electron chi connectivity index (χ3n) is 3.84. The molecule has 0 aliphatic carbocycles. The Morgan fingerprint density at radius 2 is 1.52 bits per heavy atom. The van der Waals surface area contributed by atoms with E-state index in [1.165, 1.54) is 24.3 Å². The maximum absolute atomic E-state index is 13.0. The zero-order chi connectivity index (χ0) is 16.3. The van der Waals surface area contributed by atoms with Crippen LogP contribution < -0.4 is 0 Å². The Kier molecular flexibility index (Phi) is 5.52. The average Bonchev–Trinajstić information content (AvgIpc) is 2.41. The summed E-state index contributed by atoms with van der Waals surface area (Å²) in [5.41, 5.74) is -0.565. The number of hydrogen-bond acceptors (Lipinski definition) is 4. The highest BCUT2D eigenvalue weighted by Gasteiger charge is 2.36. The van der Waals surface area contributed by atoms with Gasteiger partial charge in [0.05, 0.1) is 23.7 Å². The summed E-state index contributed by atoms with van der Waals surface area (Å²) in [6, 6.07) is 5.39. The van der Waals surface area contributed by atoms with Gasteiger partial charge in [0.2, 0.25) is 0 Å². The molecule has 0 bridgehead atoms. The molecule has 0 saturated heterocycles. The monoisotopic (exact) mass is 318 g/mol. The van der Waals surface area contributed by atoms with E-state index in [1.54, 1.807) is 20.8 Å². The Morgan fingerprint density at radius 3 is 1.90 bits per heavy atom. The van der Waals surface area contributed by atoms with Crippen molar-refractivity contribution in [3.8, 4) is 0 Å². The number of hydrogen-bond donors (Lipinski definition) is 2. The van der Waals surface area contributed by atoms with E-state index >= 15 is 0 Å². The van der Waals surface area contributed by atoms with E-state index in [4.69, 9.17) is 0 Å². The Hall–Kier alpha value is -0.980. The van der Waals surface area contributed by atoms with Crippen molar-refractivity contribution in [1.82, 2.24) is 0 Å². The predicted molar refractivity (Wildman–Crippen MR) is 80.4 cm³/mol. The molecule has 0 unspecified atom stereocenters. The van der Waals surface area contributed by atoms with Crippen LogP contribution in [0.3, 0.4) is 0 Å². The quantitative estimate of drug-likeness (QED) is 0.836. The number of rotatable bonds is 6. The highest BCUT2D eigenvalue weighted by molar-refractivity contribution is 7.92. The van der Waals surface area contributed by atoms with E-state index < -0.39 is 39.0 Å². The summed E-state index contributed by atoms with van der Waals surface area (Å²) >= 11 is 0. The number of benzene rings is 1. The average molecular weight is 318 g/mol. The smallest absolute Gasteiger partial charge is 0.155 e. The topological polar surface area (TPSA) is 74.6 Å². The normalized spacial score (nSPS) is 13.4. The van der Waals surface area contributed by atoms with Gasteiger partial charge in [-0.05, 0) is 44.9 Å². The van der Waals surface area contributed by atoms with Gasteiger partial charge in [0, 0.05) is 5.41 Å². The molecule has 0 aliphatic rings. The molecule has 6 heteroatoms. The molecule has 2 N–H and O–H groups in total. The Balaban J connectivity index is 3.05. The van der Waals surface area contributed by atoms with E-state index in [0.29, 0.717) is 5.56 Å². The van der Waals surface area contributed by atoms with E-state index in [-0.39, 0.29) is 12.2 Å². The number of aliphatic hydroxyl groups excluding tert-OH is 2. The molecule has 0 radical (unpaired) electrons. The first-order valence-corrected chi connectivity index (χ1v) is 8.43. The van der Waals surface area contributed by atoms with Gasteiger partial charge in [-0.15, -0.1) is 0 Å². The molecule has 1 aromatic carbocycles. The van der Waals surface area contributed by atoms with Crippen LogP contribution in [0.1, 0.15) is 32.8 Å². The van der Waals surface area contributed by atoms with E-state index in [1.807, 2.05) is 0 Å². The summed E-state index contributed by atoms with van der Waals surface area (Å²) < 4.78 is 36.5. The summed E-state index contributed by atoms with van der Waals surface area (Å²) in [5.74, 6) is -0.583. The van der Waals surface area contributed by atoms with Crippen molar-refractivity contribution in [2.24, 2.45) is 0 Å². The van der Waals surface area contributed by atoms with Crippen molar-refractivity contribution in [3.63, 3.8) is 0 Å². The van der Waals surface area contributed by atoms with Crippen molar-refractivity contribution in [3.05, 3.63) is 35.6 Å². The Bertz CT molecular complexity index is 554. The molecule has 1 aromatic rings. The molecule has 0 aromatic heterocycles. The van der Waals surface area contributed by atoms with Crippen molar-refractivity contribution in [2.45, 2.75) is 37.4 Å². The Labute approximate surface area is 125 Å². The van der Waals surface area contributed by atoms with Gasteiger partial charge in [-0.25, -0.2) is 12.8 Å². The molecular weight excluding hydrogens is 295 g/mol. The molecule has 0 spiro atoms. The van der Waals surface area contributed by atoms with E-state index in [2.05, 4.69) is 0 Å². The van der Waals surface area contributed by atoms with Crippen LogP contribution >= 0.6 is 0 Å². The van der Waals surface area contributed by atoms with Gasteiger partial charge >= 0.3 is 0 Å². The lowest BCUT2D eigenvalue weighted by atomic mass is 9.79. The second-order valence-electron chi connectivity index (χ2n) is 6.28. The van der Waals surface area contributed by atoms with Gasteiger partial charge in [0.15, 0.2) is 9.84 Å². The van der Waals surface area contributed by atoms with Crippen LogP contribution in [0, 0.1) is 5.82 Å². The SMILES string of the molecule is CC(C)(C)S(=O)(=O)CCC(CO)(CO)c1ccc(F)cc1. The molecule has 0 amide bonds. The molecule has 0 atom stereocenters. The molecular formula is C15H23FO4S. The van der Waals surface area contributed by atoms with Gasteiger partial charge in [-0.2, -0.15) is 0 Å². The zero-order valence-electron chi connectivity index (χ0n) is 12.6. The molecule has 21 heavy (non-hydrogen) atoms. The van der Waals surface area contributed by atoms with Crippen LogP contribution in [-0.4, -0.2) is 42.3 Å². The first kappa shape index (κ1) is 18.1. The summed E-state index contributed by atoms with van der Waals surface area (Å²) in [6.45, 7) is 4.02. The fourth-order valence-corrected chi connectivity index (χ4v) is 3.25. The predicted octanol–water partition coefficient (Wildman–Crippen LogP) is 1.65. The summed E-state index contributed by atoms with van der Waals surface area (Å²) in [6.07, 6.45) is 0.0746. The van der Waals surface area contributed by atoms with Crippen LogP contribution in [0.4, 0.5) is 4.39 Å². The lowest BCUT2D eigenvalue weighted by Crippen LogP contribution is -2.39. The van der Waals surface area contributed by atoms with Crippen molar-refractivity contribution in [2.75, 3.05) is 19.0 Å². The second kappa shape index (κ2) is 6.42. The molecule has 0 heterocycles. The van der Waals surface area contributed by atoms with Crippen LogP contribution in [-0.2, 0) is 15.3 Å². The maximum atomic E-state index is 13.0. The third kappa shape index (κ3) is 4.02. The zero-order valence-corrected chi connectivity index (χ0v) is 13.5. The van der Waals surface area contributed by atoms with Gasteiger partial charge < -0.3 is 10.2 Å². The minimum absolute atomic E-state index is 0.0746. The minimum atomic E-state index is -3.36. The fraction of sp³-hybridized carbons (Fsp3) is 0.600. The standard InChI is InChI=1S/C15H23FO4S/c1-14(2,3)21(19,20)9-8-15(10-17,11-18)12-4-6-13(16)7-5-12/h4-7,17-18H,8-11H2,1-3H3. The largest absolute Gasteiger partial charge is 0.395 e. The molecule has 0 aliphatic heterocycles. The number of sulfone groups is 1. The molecule has 0 fully saturated rings. The molecule has 0 saturated carbocycles. The van der Waals surface area contributed by atoms with Gasteiger partial charge in [0.25, 0.3) is 0 Å². The molecule has 4 nitrogen and oxygen atoms in total. The van der Waals surface area contributed by atoms with Gasteiger partial charge in [0.1, 0.15) is 5.82 Å². The van der Waals surface area contributed by atoms with Crippen LogP contribution in [0.15, 0.2) is 24.3 Å². The van der Waals surface area contributed by atoms with Crippen molar-refractivity contribution < 1.29 is 23.0 Å². The summed E-state index contributed by atoms with van der Waals surface area (Å²) in [4.78, 5) is 0. The van der Waals surface area contributed by atoms with Crippen LogP contribution in [0.25, 0.3) is 0 Å². The number of aliphatic hydroxyl groups is 2. The van der Waals surface area contributed by atoms with Crippen LogP contribution in [0.2, 0.25) is 0 Å². The highest BCUT2D eigenvalue weighted by Crippen LogP contribution is 2.30. The minimum Gasteiger partial charge on any atom is -0.395 e. The lowest BCUT2D eigenvalue weighted by molar-refractivity contribution is 0.113. The molecule has 120 valence electrons. The van der Waals surface area contributed by atoms with E-state index in [9.17, 15) is 23.0 Å². The van der Waals surface area contributed by atoms with Gasteiger partial charge in [-0.3, -0.25) is 0 Å².